The van der Waals surface area contributed by atoms with Crippen LogP contribution in [0.4, 0.5) is 0 Å². The van der Waals surface area contributed by atoms with E-state index in [1.807, 2.05) is 37.3 Å². The van der Waals surface area contributed by atoms with Gasteiger partial charge in [0.2, 0.25) is 5.91 Å². The number of hydrogen-bond acceptors (Lipinski definition) is 3. The topological polar surface area (TPSA) is 81.4 Å². The van der Waals surface area contributed by atoms with Gasteiger partial charge < -0.3 is 15.8 Å². The average molecular weight is 326 g/mol. The Morgan fingerprint density at radius 3 is 2.25 bits per heavy atom. The predicted octanol–water partition coefficient (Wildman–Crippen LogP) is 3.25. The molecule has 0 unspecified atom stereocenters. The van der Waals surface area contributed by atoms with Crippen LogP contribution in [0.3, 0.4) is 0 Å². The number of nitrogens with one attached hydrogen (secondary N) is 1. The smallest absolute Gasteiger partial charge is 0.251 e. The number of hydrogen-bond donors (Lipinski definition) is 2. The molecule has 0 heterocycles. The SMILES string of the molecule is CC[C@@H](CCC(N)=O)NC(=O)c1ccc(Oc2ccccc2)cc1. The maximum atomic E-state index is 12.3. The third kappa shape index (κ3) is 5.43. The summed E-state index contributed by atoms with van der Waals surface area (Å²) in [6.45, 7) is 1.96. The monoisotopic (exact) mass is 326 g/mol. The molecule has 0 aliphatic carbocycles. The van der Waals surface area contributed by atoms with E-state index in [-0.39, 0.29) is 24.3 Å². The van der Waals surface area contributed by atoms with Crippen molar-refractivity contribution < 1.29 is 14.3 Å². The molecule has 0 bridgehead atoms. The van der Waals surface area contributed by atoms with Gasteiger partial charge in [-0.05, 0) is 49.2 Å². The first-order chi connectivity index (χ1) is 11.6. The second-order valence-electron chi connectivity index (χ2n) is 5.52. The van der Waals surface area contributed by atoms with Gasteiger partial charge in [-0.1, -0.05) is 25.1 Å². The van der Waals surface area contributed by atoms with Gasteiger partial charge in [0.15, 0.2) is 0 Å². The zero-order chi connectivity index (χ0) is 17.4. The maximum absolute atomic E-state index is 12.3. The molecule has 5 nitrogen and oxygen atoms in total. The minimum atomic E-state index is -0.356. The normalized spacial score (nSPS) is 11.5. The van der Waals surface area contributed by atoms with Gasteiger partial charge in [-0.3, -0.25) is 9.59 Å². The van der Waals surface area contributed by atoms with Crippen LogP contribution in [0.15, 0.2) is 54.6 Å². The number of ether oxygens (including phenoxy) is 1. The lowest BCUT2D eigenvalue weighted by Gasteiger charge is -2.16. The predicted molar refractivity (Wildman–Crippen MR) is 92.9 cm³/mol. The third-order valence-electron chi connectivity index (χ3n) is 3.66. The minimum absolute atomic E-state index is 0.0646. The summed E-state index contributed by atoms with van der Waals surface area (Å²) >= 11 is 0. The number of benzene rings is 2. The van der Waals surface area contributed by atoms with Gasteiger partial charge in [-0.2, -0.15) is 0 Å². The Kier molecular flexibility index (Phi) is 6.37. The molecule has 0 fully saturated rings. The van der Waals surface area contributed by atoms with Gasteiger partial charge in [0.1, 0.15) is 11.5 Å². The number of carbonyl (C=O) groups is 2. The zero-order valence-corrected chi connectivity index (χ0v) is 13.7. The van der Waals surface area contributed by atoms with Crippen molar-refractivity contribution in [2.24, 2.45) is 5.73 Å². The van der Waals surface area contributed by atoms with Crippen molar-refractivity contribution >= 4 is 11.8 Å². The van der Waals surface area contributed by atoms with Crippen LogP contribution in [0.25, 0.3) is 0 Å². The summed E-state index contributed by atoms with van der Waals surface area (Å²) < 4.78 is 5.70. The van der Waals surface area contributed by atoms with Crippen LogP contribution in [0.5, 0.6) is 11.5 Å². The van der Waals surface area contributed by atoms with Gasteiger partial charge in [0, 0.05) is 18.0 Å². The number of nitrogens with two attached hydrogens (primary N) is 1. The average Bonchev–Trinajstić information content (AvgIpc) is 2.59. The molecular formula is C19H22N2O3. The molecule has 2 aromatic rings. The van der Waals surface area contributed by atoms with E-state index in [0.717, 1.165) is 12.2 Å². The highest BCUT2D eigenvalue weighted by Gasteiger charge is 2.13. The first-order valence-electron chi connectivity index (χ1n) is 8.00. The second-order valence-corrected chi connectivity index (χ2v) is 5.52. The summed E-state index contributed by atoms with van der Waals surface area (Å²) in [4.78, 5) is 23.1. The molecule has 3 N–H and O–H groups in total. The fraction of sp³-hybridized carbons (Fsp3) is 0.263. The largest absolute Gasteiger partial charge is 0.457 e. The van der Waals surface area contributed by atoms with E-state index in [0.29, 0.717) is 17.7 Å². The molecule has 0 saturated carbocycles. The third-order valence-corrected chi connectivity index (χ3v) is 3.66. The molecule has 0 aliphatic rings. The highest BCUT2D eigenvalue weighted by Crippen LogP contribution is 2.21. The number of amides is 2. The van der Waals surface area contributed by atoms with Crippen molar-refractivity contribution in [3.63, 3.8) is 0 Å². The summed E-state index contributed by atoms with van der Waals surface area (Å²) in [6, 6.07) is 16.3. The fourth-order valence-corrected chi connectivity index (χ4v) is 2.26. The van der Waals surface area contributed by atoms with E-state index in [2.05, 4.69) is 5.32 Å². The Hall–Kier alpha value is -2.82. The Bertz CT molecular complexity index is 669. The van der Waals surface area contributed by atoms with Gasteiger partial charge in [0.25, 0.3) is 5.91 Å². The van der Waals surface area contributed by atoms with E-state index in [1.54, 1.807) is 24.3 Å². The van der Waals surface area contributed by atoms with E-state index in [9.17, 15) is 9.59 Å². The standard InChI is InChI=1S/C19H22N2O3/c1-2-15(10-13-18(20)22)21-19(23)14-8-11-17(12-9-14)24-16-6-4-3-5-7-16/h3-9,11-12,15H,2,10,13H2,1H3,(H2,20,22)(H,21,23)/t15-/m0/s1. The molecule has 2 aromatic carbocycles. The van der Waals surface area contributed by atoms with Crippen LogP contribution in [0, 0.1) is 0 Å². The van der Waals surface area contributed by atoms with Crippen LogP contribution >= 0.6 is 0 Å². The Morgan fingerprint density at radius 2 is 1.67 bits per heavy atom. The van der Waals surface area contributed by atoms with E-state index < -0.39 is 0 Å². The fourth-order valence-electron chi connectivity index (χ4n) is 2.26. The van der Waals surface area contributed by atoms with Crippen LogP contribution < -0.4 is 15.8 Å². The first kappa shape index (κ1) is 17.5. The summed E-state index contributed by atoms with van der Waals surface area (Å²) in [6.07, 6.45) is 1.56. The van der Waals surface area contributed by atoms with Crippen molar-refractivity contribution in [1.82, 2.24) is 5.32 Å². The maximum Gasteiger partial charge on any atom is 0.251 e. The first-order valence-corrected chi connectivity index (χ1v) is 8.00. The van der Waals surface area contributed by atoms with Crippen LogP contribution in [0.1, 0.15) is 36.5 Å². The minimum Gasteiger partial charge on any atom is -0.457 e. The summed E-state index contributed by atoms with van der Waals surface area (Å²) in [5.74, 6) is 0.883. The van der Waals surface area contributed by atoms with Crippen molar-refractivity contribution in [2.75, 3.05) is 0 Å². The molecule has 0 aliphatic heterocycles. The molecule has 0 aromatic heterocycles. The summed E-state index contributed by atoms with van der Waals surface area (Å²) in [7, 11) is 0. The number of carbonyl (C=O) groups excluding carboxylic acids is 2. The molecule has 126 valence electrons. The van der Waals surface area contributed by atoms with Crippen molar-refractivity contribution in [3.8, 4) is 11.5 Å². The molecule has 24 heavy (non-hydrogen) atoms. The van der Waals surface area contributed by atoms with Crippen LogP contribution in [-0.2, 0) is 4.79 Å². The quantitative estimate of drug-likeness (QED) is 0.781. The van der Waals surface area contributed by atoms with Gasteiger partial charge in [-0.25, -0.2) is 0 Å². The number of rotatable bonds is 8. The molecule has 1 atom stereocenters. The number of para-hydroxylation sites is 1. The summed E-state index contributed by atoms with van der Waals surface area (Å²) in [5.41, 5.74) is 5.70. The molecule has 2 rings (SSSR count). The summed E-state index contributed by atoms with van der Waals surface area (Å²) in [5, 5.41) is 2.92. The zero-order valence-electron chi connectivity index (χ0n) is 13.7. The van der Waals surface area contributed by atoms with Crippen LogP contribution in [0.2, 0.25) is 0 Å². The van der Waals surface area contributed by atoms with Gasteiger partial charge in [-0.15, -0.1) is 0 Å². The highest BCUT2D eigenvalue weighted by atomic mass is 16.5. The van der Waals surface area contributed by atoms with Gasteiger partial charge >= 0.3 is 0 Å². The second kappa shape index (κ2) is 8.72. The molecule has 0 radical (unpaired) electrons. The van der Waals surface area contributed by atoms with Crippen molar-refractivity contribution in [2.45, 2.75) is 32.2 Å². The van der Waals surface area contributed by atoms with Crippen LogP contribution in [-0.4, -0.2) is 17.9 Å². The van der Waals surface area contributed by atoms with E-state index in [1.165, 1.54) is 0 Å². The Labute approximate surface area is 141 Å². The lowest BCUT2D eigenvalue weighted by Crippen LogP contribution is -2.35. The molecule has 5 heteroatoms. The molecule has 0 saturated heterocycles. The lowest BCUT2D eigenvalue weighted by molar-refractivity contribution is -0.118. The molecule has 2 amide bonds. The highest BCUT2D eigenvalue weighted by molar-refractivity contribution is 5.94. The van der Waals surface area contributed by atoms with Crippen molar-refractivity contribution in [1.29, 1.82) is 0 Å². The lowest BCUT2D eigenvalue weighted by atomic mass is 10.1. The Balaban J connectivity index is 1.94. The van der Waals surface area contributed by atoms with Gasteiger partial charge in [0.05, 0.1) is 0 Å². The molecular weight excluding hydrogens is 304 g/mol. The van der Waals surface area contributed by atoms with E-state index >= 15 is 0 Å². The Morgan fingerprint density at radius 1 is 1.04 bits per heavy atom. The van der Waals surface area contributed by atoms with E-state index in [4.69, 9.17) is 10.5 Å². The van der Waals surface area contributed by atoms with Crippen molar-refractivity contribution in [3.05, 3.63) is 60.2 Å². The molecule has 0 spiro atoms. The number of primary amides is 1.